The summed E-state index contributed by atoms with van der Waals surface area (Å²) in [7, 11) is 0. The Labute approximate surface area is 309 Å². The number of hydrogen-bond acceptors (Lipinski definition) is 5. The van der Waals surface area contributed by atoms with Crippen molar-refractivity contribution in [2.24, 2.45) is 0 Å². The summed E-state index contributed by atoms with van der Waals surface area (Å²) < 4.78 is 0. The van der Waals surface area contributed by atoms with Crippen LogP contribution in [0.5, 0.6) is 0 Å². The van der Waals surface area contributed by atoms with Gasteiger partial charge in [-0.05, 0) is 70.6 Å². The number of carbonyl (C=O) groups is 1. The van der Waals surface area contributed by atoms with Gasteiger partial charge in [0.15, 0.2) is 0 Å². The molecular weight excluding hydrogens is 622 g/mol. The van der Waals surface area contributed by atoms with Crippen molar-refractivity contribution >= 4 is 5.91 Å². The average molecular weight is 706 g/mol. The van der Waals surface area contributed by atoms with E-state index in [9.17, 15) is 25.2 Å². The third-order valence-corrected chi connectivity index (χ3v) is 9.82. The Morgan fingerprint density at radius 3 is 1.36 bits per heavy atom. The molecule has 0 bridgehead atoms. The molecule has 6 nitrogen and oxygen atoms in total. The Morgan fingerprint density at radius 1 is 0.500 bits per heavy atom. The third-order valence-electron chi connectivity index (χ3n) is 9.82. The summed E-state index contributed by atoms with van der Waals surface area (Å²) in [6.07, 6.45) is 44.5. The fraction of sp³-hybridized carbons (Fsp3) is 0.841. The molecule has 294 valence electrons. The Kier molecular flexibility index (Phi) is 37.6. The normalized spacial score (nSPS) is 14.6. The topological polar surface area (TPSA) is 110 Å². The number of carbonyl (C=O) groups excluding carboxylic acids is 1. The number of rotatable bonds is 38. The molecule has 0 aromatic carbocycles. The van der Waals surface area contributed by atoms with Crippen LogP contribution in [0.4, 0.5) is 0 Å². The molecule has 50 heavy (non-hydrogen) atoms. The Morgan fingerprint density at radius 2 is 0.880 bits per heavy atom. The summed E-state index contributed by atoms with van der Waals surface area (Å²) in [6, 6.07) is -1.01. The highest BCUT2D eigenvalue weighted by molar-refractivity contribution is 5.80. The maximum absolute atomic E-state index is 12.5. The lowest BCUT2D eigenvalue weighted by Gasteiger charge is -2.27. The van der Waals surface area contributed by atoms with Crippen LogP contribution in [0.1, 0.15) is 206 Å². The van der Waals surface area contributed by atoms with E-state index in [1.54, 1.807) is 0 Å². The van der Waals surface area contributed by atoms with Crippen molar-refractivity contribution < 1.29 is 25.2 Å². The maximum Gasteiger partial charge on any atom is 0.249 e. The van der Waals surface area contributed by atoms with Gasteiger partial charge in [0.2, 0.25) is 5.91 Å². The molecule has 0 saturated carbocycles. The molecule has 5 N–H and O–H groups in total. The van der Waals surface area contributed by atoms with Gasteiger partial charge in [-0.3, -0.25) is 4.79 Å². The first kappa shape index (κ1) is 48.5. The zero-order chi connectivity index (χ0) is 36.8. The van der Waals surface area contributed by atoms with Gasteiger partial charge < -0.3 is 25.7 Å². The summed E-state index contributed by atoms with van der Waals surface area (Å²) in [4.78, 5) is 12.5. The zero-order valence-electron chi connectivity index (χ0n) is 32.9. The van der Waals surface area contributed by atoms with E-state index in [-0.39, 0.29) is 0 Å². The first-order valence-corrected chi connectivity index (χ1v) is 21.4. The minimum absolute atomic E-state index is 0.350. The maximum atomic E-state index is 12.5. The van der Waals surface area contributed by atoms with E-state index >= 15 is 0 Å². The first-order valence-electron chi connectivity index (χ1n) is 21.4. The molecule has 0 aliphatic heterocycles. The van der Waals surface area contributed by atoms with Crippen molar-refractivity contribution in [3.8, 4) is 0 Å². The average Bonchev–Trinajstić information content (AvgIpc) is 3.12. The van der Waals surface area contributed by atoms with Crippen molar-refractivity contribution in [3.05, 3.63) is 36.5 Å². The summed E-state index contributed by atoms with van der Waals surface area (Å²) in [5, 5.41) is 43.6. The highest BCUT2D eigenvalue weighted by atomic mass is 16.3. The highest BCUT2D eigenvalue weighted by Crippen LogP contribution is 2.15. The SMILES string of the molecule is CCCCC/C=C\C/C=C\CCCCCCCCC(O)C(=O)NC(CO)C(O)C(O)CCC/C=C/CCCCCCCCCCCCCCC. The highest BCUT2D eigenvalue weighted by Gasteiger charge is 2.28. The van der Waals surface area contributed by atoms with Gasteiger partial charge in [0, 0.05) is 0 Å². The van der Waals surface area contributed by atoms with Crippen LogP contribution in [0.3, 0.4) is 0 Å². The smallest absolute Gasteiger partial charge is 0.249 e. The second-order valence-corrected chi connectivity index (χ2v) is 14.7. The minimum atomic E-state index is -1.28. The van der Waals surface area contributed by atoms with Crippen molar-refractivity contribution in [3.63, 3.8) is 0 Å². The molecule has 0 aliphatic rings. The molecule has 1 amide bonds. The Hall–Kier alpha value is -1.47. The predicted molar refractivity (Wildman–Crippen MR) is 214 cm³/mol. The van der Waals surface area contributed by atoms with Crippen LogP contribution in [0, 0.1) is 0 Å². The van der Waals surface area contributed by atoms with E-state index in [4.69, 9.17) is 0 Å². The van der Waals surface area contributed by atoms with Crippen molar-refractivity contribution in [1.82, 2.24) is 5.32 Å². The van der Waals surface area contributed by atoms with Gasteiger partial charge in [0.25, 0.3) is 0 Å². The molecular formula is C44H83NO5. The molecule has 0 saturated heterocycles. The molecule has 0 radical (unpaired) electrons. The summed E-state index contributed by atoms with van der Waals surface area (Å²) in [6.45, 7) is 4.00. The molecule has 0 heterocycles. The lowest BCUT2D eigenvalue weighted by atomic mass is 10.00. The van der Waals surface area contributed by atoms with E-state index in [0.29, 0.717) is 12.8 Å². The second-order valence-electron chi connectivity index (χ2n) is 14.7. The summed E-state index contributed by atoms with van der Waals surface area (Å²) in [5.41, 5.74) is 0. The van der Waals surface area contributed by atoms with Gasteiger partial charge in [-0.15, -0.1) is 0 Å². The minimum Gasteiger partial charge on any atom is -0.394 e. The van der Waals surface area contributed by atoms with Crippen LogP contribution < -0.4 is 5.32 Å². The molecule has 0 aromatic heterocycles. The van der Waals surface area contributed by atoms with Gasteiger partial charge in [0.1, 0.15) is 12.2 Å². The number of amides is 1. The van der Waals surface area contributed by atoms with Crippen molar-refractivity contribution in [1.29, 1.82) is 0 Å². The molecule has 4 atom stereocenters. The van der Waals surface area contributed by atoms with Gasteiger partial charge in [0.05, 0.1) is 18.8 Å². The predicted octanol–water partition coefficient (Wildman–Crippen LogP) is 11.0. The first-order chi connectivity index (χ1) is 24.5. The van der Waals surface area contributed by atoms with E-state index in [1.807, 2.05) is 0 Å². The van der Waals surface area contributed by atoms with Crippen molar-refractivity contribution in [2.45, 2.75) is 231 Å². The summed E-state index contributed by atoms with van der Waals surface area (Å²) in [5.74, 6) is -0.603. The lowest BCUT2D eigenvalue weighted by Crippen LogP contribution is -2.53. The van der Waals surface area contributed by atoms with Crippen LogP contribution in [-0.2, 0) is 4.79 Å². The fourth-order valence-corrected chi connectivity index (χ4v) is 6.37. The number of nitrogens with one attached hydrogen (secondary N) is 1. The summed E-state index contributed by atoms with van der Waals surface area (Å²) >= 11 is 0. The molecule has 0 rings (SSSR count). The molecule has 0 aliphatic carbocycles. The van der Waals surface area contributed by atoms with Crippen LogP contribution in [0.2, 0.25) is 0 Å². The fourth-order valence-electron chi connectivity index (χ4n) is 6.37. The number of unbranched alkanes of at least 4 members (excludes halogenated alkanes) is 23. The standard InChI is InChI=1S/C44H83NO5/c1-3-5-7-9-11-13-15-17-19-21-22-24-25-27-29-31-33-35-37-41(47)43(49)40(39-46)45-44(50)42(48)38-36-34-32-30-28-26-23-20-18-16-14-12-10-8-6-4-2/h12,14,18,20,29,31,40-43,46-49H,3-11,13,15-17,19,21-28,30,32-39H2,1-2H3,(H,45,50)/b14-12-,20-18-,31-29+. The lowest BCUT2D eigenvalue weighted by molar-refractivity contribution is -0.132. The molecule has 6 heteroatoms. The number of aliphatic hydroxyl groups is 4. The second kappa shape index (κ2) is 38.8. The molecule has 0 fully saturated rings. The quantitative estimate of drug-likeness (QED) is 0.0324. The Bertz CT molecular complexity index is 797. The largest absolute Gasteiger partial charge is 0.394 e. The monoisotopic (exact) mass is 706 g/mol. The van der Waals surface area contributed by atoms with Crippen LogP contribution in [0.15, 0.2) is 36.5 Å². The van der Waals surface area contributed by atoms with Crippen LogP contribution in [0.25, 0.3) is 0 Å². The van der Waals surface area contributed by atoms with E-state index in [2.05, 4.69) is 55.6 Å². The van der Waals surface area contributed by atoms with E-state index in [0.717, 1.165) is 57.8 Å². The van der Waals surface area contributed by atoms with Gasteiger partial charge in [-0.2, -0.15) is 0 Å². The van der Waals surface area contributed by atoms with Crippen LogP contribution >= 0.6 is 0 Å². The number of allylic oxidation sites excluding steroid dienone is 6. The van der Waals surface area contributed by atoms with E-state index < -0.39 is 36.9 Å². The number of hydrogen-bond donors (Lipinski definition) is 5. The zero-order valence-corrected chi connectivity index (χ0v) is 32.9. The van der Waals surface area contributed by atoms with Gasteiger partial charge >= 0.3 is 0 Å². The molecule has 0 aromatic rings. The van der Waals surface area contributed by atoms with Crippen LogP contribution in [-0.4, -0.2) is 57.3 Å². The van der Waals surface area contributed by atoms with E-state index in [1.165, 1.54) is 122 Å². The van der Waals surface area contributed by atoms with Gasteiger partial charge in [-0.25, -0.2) is 0 Å². The third kappa shape index (κ3) is 32.4. The Balaban J connectivity index is 3.82. The number of aliphatic hydroxyl groups excluding tert-OH is 4. The molecule has 4 unspecified atom stereocenters. The molecule has 0 spiro atoms. The van der Waals surface area contributed by atoms with Crippen molar-refractivity contribution in [2.75, 3.05) is 6.61 Å². The van der Waals surface area contributed by atoms with Gasteiger partial charge in [-0.1, -0.05) is 172 Å².